The zero-order chi connectivity index (χ0) is 18.2. The van der Waals surface area contributed by atoms with E-state index in [0.717, 1.165) is 48.9 Å². The summed E-state index contributed by atoms with van der Waals surface area (Å²) >= 11 is 6.23. The van der Waals surface area contributed by atoms with Gasteiger partial charge in [0.25, 0.3) is 5.91 Å². The highest BCUT2D eigenvalue weighted by molar-refractivity contribution is 6.31. The number of piperazine rings is 1. The van der Waals surface area contributed by atoms with E-state index in [4.69, 9.17) is 11.6 Å². The van der Waals surface area contributed by atoms with Crippen LogP contribution in [0.15, 0.2) is 53.9 Å². The molecule has 0 atom stereocenters. The molecule has 26 heavy (non-hydrogen) atoms. The van der Waals surface area contributed by atoms with Gasteiger partial charge in [-0.2, -0.15) is 5.10 Å². The molecule has 1 aliphatic rings. The van der Waals surface area contributed by atoms with Crippen LogP contribution in [0.4, 0.5) is 0 Å². The third-order valence-corrected chi connectivity index (χ3v) is 4.64. The average Bonchev–Trinajstić information content (AvgIpc) is 2.66. The molecule has 7 heteroatoms. The molecule has 0 bridgehead atoms. The molecule has 0 unspecified atom stereocenters. The summed E-state index contributed by atoms with van der Waals surface area (Å²) in [5, 5.41) is 4.78. The number of rotatable bonds is 6. The van der Waals surface area contributed by atoms with Crippen LogP contribution in [0.1, 0.15) is 11.1 Å². The molecule has 1 aromatic carbocycles. The smallest absolute Gasteiger partial charge is 0.254 e. The summed E-state index contributed by atoms with van der Waals surface area (Å²) in [5.41, 5.74) is 4.56. The number of nitrogens with zero attached hydrogens (tertiary/aromatic N) is 4. The monoisotopic (exact) mass is 371 g/mol. The van der Waals surface area contributed by atoms with Gasteiger partial charge in [0.15, 0.2) is 0 Å². The third-order valence-electron chi connectivity index (χ3n) is 4.27. The van der Waals surface area contributed by atoms with E-state index in [2.05, 4.69) is 31.4 Å². The first kappa shape index (κ1) is 18.5. The van der Waals surface area contributed by atoms with Gasteiger partial charge in [0.1, 0.15) is 0 Å². The van der Waals surface area contributed by atoms with Crippen LogP contribution in [0, 0.1) is 0 Å². The minimum absolute atomic E-state index is 0.107. The minimum Gasteiger partial charge on any atom is -0.296 e. The van der Waals surface area contributed by atoms with Crippen molar-refractivity contribution in [3.05, 3.63) is 64.9 Å². The quantitative estimate of drug-likeness (QED) is 0.623. The number of hydrogen-bond donors (Lipinski definition) is 1. The van der Waals surface area contributed by atoms with Gasteiger partial charge < -0.3 is 0 Å². The third kappa shape index (κ3) is 5.62. The van der Waals surface area contributed by atoms with Gasteiger partial charge in [-0.3, -0.25) is 19.6 Å². The number of nitrogens with one attached hydrogen (secondary N) is 1. The van der Waals surface area contributed by atoms with Crippen LogP contribution in [-0.2, 0) is 11.3 Å². The molecule has 6 nitrogen and oxygen atoms in total. The van der Waals surface area contributed by atoms with E-state index in [-0.39, 0.29) is 5.91 Å². The molecule has 1 saturated heterocycles. The van der Waals surface area contributed by atoms with Gasteiger partial charge in [-0.05, 0) is 17.7 Å². The fourth-order valence-electron chi connectivity index (χ4n) is 2.84. The fraction of sp³-hybridized carbons (Fsp3) is 0.316. The molecule has 3 rings (SSSR count). The van der Waals surface area contributed by atoms with Crippen molar-refractivity contribution < 1.29 is 4.79 Å². The Labute approximate surface area is 158 Å². The highest BCUT2D eigenvalue weighted by Gasteiger charge is 2.19. The Morgan fingerprint density at radius 1 is 1.15 bits per heavy atom. The van der Waals surface area contributed by atoms with E-state index in [9.17, 15) is 4.79 Å². The van der Waals surface area contributed by atoms with Crippen LogP contribution in [-0.4, -0.2) is 59.6 Å². The second-order valence-electron chi connectivity index (χ2n) is 6.22. The standard InChI is InChI=1S/C19H22ClN5O/c20-18-6-2-1-5-17(18)14-24-8-10-25(11-9-24)15-19(26)23-22-13-16-4-3-7-21-12-16/h1-7,12-13H,8-11,14-15H2,(H,23,26)/b22-13-. The largest absolute Gasteiger partial charge is 0.296 e. The summed E-state index contributed by atoms with van der Waals surface area (Å²) in [6.45, 7) is 4.72. The van der Waals surface area contributed by atoms with E-state index >= 15 is 0 Å². The lowest BCUT2D eigenvalue weighted by molar-refractivity contribution is -0.122. The molecule has 2 heterocycles. The lowest BCUT2D eigenvalue weighted by Gasteiger charge is -2.34. The van der Waals surface area contributed by atoms with Crippen molar-refractivity contribution in [1.29, 1.82) is 0 Å². The van der Waals surface area contributed by atoms with E-state index in [0.29, 0.717) is 6.54 Å². The van der Waals surface area contributed by atoms with Crippen LogP contribution in [0.25, 0.3) is 0 Å². The van der Waals surface area contributed by atoms with Crippen LogP contribution >= 0.6 is 11.6 Å². The summed E-state index contributed by atoms with van der Waals surface area (Å²) in [5.74, 6) is -0.107. The minimum atomic E-state index is -0.107. The topological polar surface area (TPSA) is 60.8 Å². The molecule has 1 fully saturated rings. The van der Waals surface area contributed by atoms with Gasteiger partial charge in [-0.15, -0.1) is 0 Å². The van der Waals surface area contributed by atoms with Crippen LogP contribution in [0.5, 0.6) is 0 Å². The maximum absolute atomic E-state index is 12.0. The molecule has 1 aromatic heterocycles. The van der Waals surface area contributed by atoms with Gasteiger partial charge >= 0.3 is 0 Å². The Bertz CT molecular complexity index is 745. The molecular weight excluding hydrogens is 350 g/mol. The van der Waals surface area contributed by atoms with Gasteiger partial charge in [-0.1, -0.05) is 35.9 Å². The first-order valence-corrected chi connectivity index (χ1v) is 8.98. The second-order valence-corrected chi connectivity index (χ2v) is 6.63. The average molecular weight is 372 g/mol. The first-order valence-electron chi connectivity index (χ1n) is 8.61. The van der Waals surface area contributed by atoms with Crippen molar-refractivity contribution in [2.24, 2.45) is 5.10 Å². The van der Waals surface area contributed by atoms with E-state index in [1.807, 2.05) is 30.3 Å². The summed E-state index contributed by atoms with van der Waals surface area (Å²) < 4.78 is 0. The van der Waals surface area contributed by atoms with Crippen molar-refractivity contribution in [2.75, 3.05) is 32.7 Å². The molecule has 1 N–H and O–H groups in total. The number of hydrazone groups is 1. The normalized spacial score (nSPS) is 16.0. The number of carbonyl (C=O) groups is 1. The highest BCUT2D eigenvalue weighted by atomic mass is 35.5. The molecule has 0 spiro atoms. The Morgan fingerprint density at radius 3 is 2.65 bits per heavy atom. The summed E-state index contributed by atoms with van der Waals surface area (Å²) in [6.07, 6.45) is 4.97. The van der Waals surface area contributed by atoms with Crippen LogP contribution in [0.3, 0.4) is 0 Å². The zero-order valence-corrected chi connectivity index (χ0v) is 15.3. The van der Waals surface area contributed by atoms with Gasteiger partial charge in [0, 0.05) is 55.7 Å². The Kier molecular flexibility index (Phi) is 6.71. The molecule has 0 saturated carbocycles. The molecule has 1 aliphatic heterocycles. The maximum Gasteiger partial charge on any atom is 0.254 e. The van der Waals surface area contributed by atoms with Crippen LogP contribution in [0.2, 0.25) is 5.02 Å². The van der Waals surface area contributed by atoms with Crippen molar-refractivity contribution in [1.82, 2.24) is 20.2 Å². The van der Waals surface area contributed by atoms with Gasteiger partial charge in [0.2, 0.25) is 0 Å². The molecule has 1 amide bonds. The summed E-state index contributed by atoms with van der Waals surface area (Å²) in [7, 11) is 0. The van der Waals surface area contributed by atoms with Crippen molar-refractivity contribution in [3.63, 3.8) is 0 Å². The lowest BCUT2D eigenvalue weighted by Crippen LogP contribution is -2.48. The first-order chi connectivity index (χ1) is 12.7. The van der Waals surface area contributed by atoms with Crippen molar-refractivity contribution in [2.45, 2.75) is 6.54 Å². The predicted molar refractivity (Wildman–Crippen MR) is 103 cm³/mol. The Balaban J connectivity index is 1.39. The number of aromatic nitrogens is 1. The second kappa shape index (κ2) is 9.43. The van der Waals surface area contributed by atoms with Crippen LogP contribution < -0.4 is 5.43 Å². The number of benzene rings is 1. The summed E-state index contributed by atoms with van der Waals surface area (Å²) in [6, 6.07) is 11.6. The SMILES string of the molecule is O=C(CN1CCN(Cc2ccccc2Cl)CC1)N/N=C\c1cccnc1. The fourth-order valence-corrected chi connectivity index (χ4v) is 3.04. The molecule has 136 valence electrons. The molecule has 2 aromatic rings. The molecule has 0 aliphatic carbocycles. The zero-order valence-electron chi connectivity index (χ0n) is 14.5. The number of pyridine rings is 1. The maximum atomic E-state index is 12.0. The molecular formula is C19H22ClN5O. The highest BCUT2D eigenvalue weighted by Crippen LogP contribution is 2.17. The summed E-state index contributed by atoms with van der Waals surface area (Å²) in [4.78, 5) is 20.5. The van der Waals surface area contributed by atoms with Gasteiger partial charge in [0.05, 0.1) is 12.8 Å². The van der Waals surface area contributed by atoms with E-state index in [1.165, 1.54) is 0 Å². The molecule has 0 radical (unpaired) electrons. The lowest BCUT2D eigenvalue weighted by atomic mass is 10.2. The number of amides is 1. The predicted octanol–water partition coefficient (Wildman–Crippen LogP) is 2.00. The van der Waals surface area contributed by atoms with E-state index in [1.54, 1.807) is 18.6 Å². The van der Waals surface area contributed by atoms with Gasteiger partial charge in [-0.25, -0.2) is 5.43 Å². The Hall–Kier alpha value is -2.28. The Morgan fingerprint density at radius 2 is 1.92 bits per heavy atom. The number of hydrogen-bond acceptors (Lipinski definition) is 5. The van der Waals surface area contributed by atoms with Crippen molar-refractivity contribution in [3.8, 4) is 0 Å². The number of carbonyl (C=O) groups excluding carboxylic acids is 1. The number of halogens is 1. The van der Waals surface area contributed by atoms with Crippen molar-refractivity contribution >= 4 is 23.7 Å². The van der Waals surface area contributed by atoms with E-state index < -0.39 is 0 Å².